The number of hydrogen-bond donors (Lipinski definition) is 2. The van der Waals surface area contributed by atoms with Crippen molar-refractivity contribution < 1.29 is 22.8 Å². The Labute approximate surface area is 238 Å². The van der Waals surface area contributed by atoms with Gasteiger partial charge in [-0.2, -0.15) is 4.31 Å². The second-order valence-electron chi connectivity index (χ2n) is 13.9. The molecule has 5 atom stereocenters. The number of piperidine rings is 1. The lowest BCUT2D eigenvalue weighted by molar-refractivity contribution is -0.139. The molecule has 0 radical (unpaired) electrons. The molecule has 10 heteroatoms. The zero-order valence-corrected chi connectivity index (χ0v) is 25.2. The molecular formula is C30H44N4O5S. The molecule has 2 N–H and O–H groups in total. The van der Waals surface area contributed by atoms with Gasteiger partial charge in [-0.25, -0.2) is 13.2 Å². The van der Waals surface area contributed by atoms with Crippen LogP contribution in [0.2, 0.25) is 0 Å². The number of nitrogens with one attached hydrogen (secondary N) is 2. The summed E-state index contributed by atoms with van der Waals surface area (Å²) < 4.78 is 27.8. The van der Waals surface area contributed by atoms with Gasteiger partial charge in [-0.05, 0) is 53.1 Å². The van der Waals surface area contributed by atoms with Crippen molar-refractivity contribution in [2.45, 2.75) is 96.3 Å². The summed E-state index contributed by atoms with van der Waals surface area (Å²) in [5.41, 5.74) is 0.360. The summed E-state index contributed by atoms with van der Waals surface area (Å²) in [4.78, 5) is 41.5. The van der Waals surface area contributed by atoms with Crippen LogP contribution in [0.1, 0.15) is 72.3 Å². The number of fused-ring (bicyclic) bond motifs is 2. The van der Waals surface area contributed by atoms with Gasteiger partial charge in [0.25, 0.3) is 0 Å². The third kappa shape index (κ3) is 5.17. The second-order valence-corrected chi connectivity index (χ2v) is 15.8. The molecule has 2 aliphatic heterocycles. The molecule has 2 aliphatic carbocycles. The van der Waals surface area contributed by atoms with Gasteiger partial charge in [0.1, 0.15) is 12.3 Å². The topological polar surface area (TPSA) is 116 Å². The fourth-order valence-corrected chi connectivity index (χ4v) is 8.95. The third-order valence-electron chi connectivity index (χ3n) is 10.0. The van der Waals surface area contributed by atoms with Crippen LogP contribution >= 0.6 is 0 Å². The summed E-state index contributed by atoms with van der Waals surface area (Å²) in [5.74, 6) is 0.314. The maximum atomic E-state index is 13.9. The molecule has 3 amide bonds. The van der Waals surface area contributed by atoms with Crippen LogP contribution in [0, 0.1) is 28.6 Å². The fraction of sp³-hybridized carbons (Fsp3) is 0.700. The number of sulfonamides is 1. The van der Waals surface area contributed by atoms with E-state index in [0.717, 1.165) is 44.0 Å². The standard InChI is InChI=1S/C30H44N4O5S/c1-29(2,3)24(17-33-15-20-13-9-10-14-23(20)40(33,38)39)31-28(37)32-26(19-11-7-6-8-12-19)27(36)34-16-21-25(22(34)18-35)30(21,4)5/h9-10,13-14,18-19,21-22,24-26H,6-8,11-12,15-17H2,1-5H3,(H2,31,32,37)/t21-,22+,24+,25-,26-/m0/s1. The second kappa shape index (κ2) is 10.4. The molecule has 0 spiro atoms. The van der Waals surface area contributed by atoms with Gasteiger partial charge < -0.3 is 20.3 Å². The van der Waals surface area contributed by atoms with Crippen LogP contribution in [0.15, 0.2) is 29.2 Å². The minimum atomic E-state index is -3.65. The summed E-state index contributed by atoms with van der Waals surface area (Å²) >= 11 is 0. The normalized spacial score (nSPS) is 28.7. The SMILES string of the molecule is CC(C)(C)[C@@H](CN1Cc2ccccc2S1(=O)=O)NC(=O)N[C@H](C(=O)N1C[C@H]2[C@@H]([C@H]1C=O)C2(C)C)C1CCCCC1. The van der Waals surface area contributed by atoms with E-state index in [1.165, 1.54) is 4.31 Å². The largest absolute Gasteiger partial charge is 0.334 e. The zero-order chi connectivity index (χ0) is 29.0. The Morgan fingerprint density at radius 1 is 1.10 bits per heavy atom. The number of hydrogen-bond acceptors (Lipinski definition) is 5. The highest BCUT2D eigenvalue weighted by atomic mass is 32.2. The van der Waals surface area contributed by atoms with E-state index >= 15 is 0 Å². The fourth-order valence-electron chi connectivity index (χ4n) is 7.31. The smallest absolute Gasteiger partial charge is 0.315 e. The molecule has 40 heavy (non-hydrogen) atoms. The molecule has 4 aliphatic rings. The lowest BCUT2D eigenvalue weighted by atomic mass is 9.83. The number of rotatable bonds is 7. The minimum Gasteiger partial charge on any atom is -0.334 e. The first-order valence-electron chi connectivity index (χ1n) is 14.7. The van der Waals surface area contributed by atoms with Crippen molar-refractivity contribution in [2.24, 2.45) is 28.6 Å². The highest BCUT2D eigenvalue weighted by molar-refractivity contribution is 7.89. The van der Waals surface area contributed by atoms with Crippen molar-refractivity contribution in [3.63, 3.8) is 0 Å². The van der Waals surface area contributed by atoms with E-state index in [4.69, 9.17) is 0 Å². The van der Waals surface area contributed by atoms with E-state index in [1.54, 1.807) is 17.0 Å². The van der Waals surface area contributed by atoms with Crippen molar-refractivity contribution in [2.75, 3.05) is 13.1 Å². The Hall–Kier alpha value is -2.46. The van der Waals surface area contributed by atoms with Crippen molar-refractivity contribution >= 4 is 28.2 Å². The summed E-state index contributed by atoms with van der Waals surface area (Å²) in [6.45, 7) is 11.1. The first-order chi connectivity index (χ1) is 18.8. The summed E-state index contributed by atoms with van der Waals surface area (Å²) in [6.07, 6.45) is 5.72. The number of carbonyl (C=O) groups excluding carboxylic acids is 3. The molecule has 1 saturated heterocycles. The molecule has 220 valence electrons. The predicted octanol–water partition coefficient (Wildman–Crippen LogP) is 3.54. The average Bonchev–Trinajstić information content (AvgIpc) is 3.18. The number of amides is 3. The summed E-state index contributed by atoms with van der Waals surface area (Å²) in [6, 6.07) is 4.83. The van der Waals surface area contributed by atoms with Gasteiger partial charge in [0.2, 0.25) is 15.9 Å². The van der Waals surface area contributed by atoms with Gasteiger partial charge in [-0.3, -0.25) is 4.79 Å². The lowest BCUT2D eigenvalue weighted by Gasteiger charge is -2.37. The van der Waals surface area contributed by atoms with Gasteiger partial charge in [-0.15, -0.1) is 0 Å². The molecule has 9 nitrogen and oxygen atoms in total. The summed E-state index contributed by atoms with van der Waals surface area (Å²) in [5, 5.41) is 6.02. The monoisotopic (exact) mass is 572 g/mol. The van der Waals surface area contributed by atoms with E-state index in [9.17, 15) is 22.8 Å². The molecule has 0 aromatic heterocycles. The molecule has 2 saturated carbocycles. The minimum absolute atomic E-state index is 0.00536. The first kappa shape index (κ1) is 29.0. The van der Waals surface area contributed by atoms with E-state index in [1.807, 2.05) is 32.9 Å². The van der Waals surface area contributed by atoms with Crippen molar-refractivity contribution in [1.29, 1.82) is 0 Å². The first-order valence-corrected chi connectivity index (χ1v) is 16.1. The number of likely N-dealkylation sites (tertiary alicyclic amines) is 1. The molecule has 5 rings (SSSR count). The van der Waals surface area contributed by atoms with E-state index in [2.05, 4.69) is 24.5 Å². The van der Waals surface area contributed by atoms with Crippen LogP contribution in [0.25, 0.3) is 0 Å². The van der Waals surface area contributed by atoms with Gasteiger partial charge >= 0.3 is 6.03 Å². The number of nitrogens with zero attached hydrogens (tertiary/aromatic N) is 2. The quantitative estimate of drug-likeness (QED) is 0.485. The van der Waals surface area contributed by atoms with E-state index < -0.39 is 39.6 Å². The van der Waals surface area contributed by atoms with Crippen molar-refractivity contribution in [3.8, 4) is 0 Å². The van der Waals surface area contributed by atoms with Gasteiger partial charge in [0.15, 0.2) is 0 Å². The Morgan fingerprint density at radius 3 is 2.40 bits per heavy atom. The van der Waals surface area contributed by atoms with Gasteiger partial charge in [0, 0.05) is 25.7 Å². The van der Waals surface area contributed by atoms with Crippen LogP contribution in [0.4, 0.5) is 4.79 Å². The van der Waals surface area contributed by atoms with Crippen LogP contribution in [-0.2, 0) is 26.2 Å². The van der Waals surface area contributed by atoms with Gasteiger partial charge in [0.05, 0.1) is 10.9 Å². The molecule has 3 fully saturated rings. The van der Waals surface area contributed by atoms with Crippen LogP contribution < -0.4 is 10.6 Å². The van der Waals surface area contributed by atoms with Crippen LogP contribution in [0.3, 0.4) is 0 Å². The molecule has 1 aromatic carbocycles. The summed E-state index contributed by atoms with van der Waals surface area (Å²) in [7, 11) is -3.65. The average molecular weight is 573 g/mol. The Bertz CT molecular complexity index is 1270. The van der Waals surface area contributed by atoms with E-state index in [-0.39, 0.29) is 36.2 Å². The zero-order valence-electron chi connectivity index (χ0n) is 24.4. The number of aldehydes is 1. The van der Waals surface area contributed by atoms with Crippen molar-refractivity contribution in [1.82, 2.24) is 19.8 Å². The maximum absolute atomic E-state index is 13.9. The lowest BCUT2D eigenvalue weighted by Crippen LogP contribution is -2.60. The third-order valence-corrected chi connectivity index (χ3v) is 11.9. The van der Waals surface area contributed by atoms with Crippen molar-refractivity contribution in [3.05, 3.63) is 29.8 Å². The molecule has 0 unspecified atom stereocenters. The van der Waals surface area contributed by atoms with Gasteiger partial charge in [-0.1, -0.05) is 72.1 Å². The Kier molecular flexibility index (Phi) is 7.57. The molecular weight excluding hydrogens is 528 g/mol. The number of urea groups is 1. The van der Waals surface area contributed by atoms with Crippen LogP contribution in [0.5, 0.6) is 0 Å². The van der Waals surface area contributed by atoms with E-state index in [0.29, 0.717) is 17.4 Å². The highest BCUT2D eigenvalue weighted by Crippen LogP contribution is 2.64. The Balaban J connectivity index is 1.31. The molecule has 2 heterocycles. The number of carbonyl (C=O) groups is 3. The van der Waals surface area contributed by atoms with Crippen LogP contribution in [-0.4, -0.2) is 67.1 Å². The highest BCUT2D eigenvalue weighted by Gasteiger charge is 2.68. The molecule has 0 bridgehead atoms. The number of benzene rings is 1. The molecule has 1 aromatic rings. The Morgan fingerprint density at radius 2 is 1.77 bits per heavy atom. The predicted molar refractivity (Wildman–Crippen MR) is 152 cm³/mol. The maximum Gasteiger partial charge on any atom is 0.315 e.